The third-order valence-electron chi connectivity index (χ3n) is 2.57. The molecule has 0 saturated heterocycles. The fourth-order valence-electron chi connectivity index (χ4n) is 1.59. The Balaban J connectivity index is 3.08. The van der Waals surface area contributed by atoms with Gasteiger partial charge in [0.05, 0.1) is 20.3 Å². The first-order valence-corrected chi connectivity index (χ1v) is 8.82. The molecule has 1 aromatic heterocycles. The summed E-state index contributed by atoms with van der Waals surface area (Å²) >= 11 is 5.21. The number of esters is 1. The lowest BCUT2D eigenvalue weighted by Gasteiger charge is -2.18. The van der Waals surface area contributed by atoms with E-state index in [4.69, 9.17) is 21.3 Å². The van der Waals surface area contributed by atoms with Gasteiger partial charge in [0.1, 0.15) is 4.99 Å². The van der Waals surface area contributed by atoms with Crippen LogP contribution in [-0.2, 0) is 23.1 Å². The highest BCUT2D eigenvalue weighted by Gasteiger charge is 2.36. The number of carbonyl (C=O) groups excluding carboxylic acids is 1. The summed E-state index contributed by atoms with van der Waals surface area (Å²) in [6.07, 6.45) is 4.36. The van der Waals surface area contributed by atoms with Gasteiger partial charge < -0.3 is 19.1 Å². The van der Waals surface area contributed by atoms with Crippen molar-refractivity contribution in [2.75, 3.05) is 20.3 Å². The topological polar surface area (TPSA) is 86.8 Å². The fraction of sp³-hybridized carbons (Fsp3) is 0.357. The molecule has 0 radical (unpaired) electrons. The van der Waals surface area contributed by atoms with E-state index in [1.165, 1.54) is 13.3 Å². The Morgan fingerprint density at radius 3 is 2.35 bits per heavy atom. The van der Waals surface area contributed by atoms with Crippen molar-refractivity contribution >= 4 is 30.8 Å². The number of thiocarbonyl (C=S) groups is 1. The first kappa shape index (κ1) is 19.4. The van der Waals surface area contributed by atoms with Crippen LogP contribution in [0.5, 0.6) is 0 Å². The largest absolute Gasteiger partial charge is 0.465 e. The standard InChI is InChI=1S/C14H19N2O5PS/c1-4-20-22(18,21-5-2)12(14(17)19-3)10-16-13(23)11-6-8-15-9-7-11/h6-10H,4-5H2,1-3H3,(H,16,23)/b12-10-. The van der Waals surface area contributed by atoms with E-state index in [-0.39, 0.29) is 18.5 Å². The van der Waals surface area contributed by atoms with Gasteiger partial charge in [-0.2, -0.15) is 0 Å². The number of methoxy groups -OCH3 is 1. The maximum Gasteiger partial charge on any atom is 0.370 e. The Morgan fingerprint density at radius 2 is 1.87 bits per heavy atom. The molecule has 0 amide bonds. The third-order valence-corrected chi connectivity index (χ3v) is 5.02. The van der Waals surface area contributed by atoms with Crippen LogP contribution < -0.4 is 5.32 Å². The second-order valence-electron chi connectivity index (χ2n) is 4.06. The van der Waals surface area contributed by atoms with Crippen LogP contribution in [0.1, 0.15) is 19.4 Å². The van der Waals surface area contributed by atoms with E-state index in [1.807, 2.05) is 0 Å². The maximum absolute atomic E-state index is 12.8. The van der Waals surface area contributed by atoms with Crippen molar-refractivity contribution in [1.29, 1.82) is 0 Å². The maximum atomic E-state index is 12.8. The van der Waals surface area contributed by atoms with Crippen molar-refractivity contribution in [2.24, 2.45) is 0 Å². The number of hydrogen-bond donors (Lipinski definition) is 1. The van der Waals surface area contributed by atoms with Gasteiger partial charge in [0.2, 0.25) is 0 Å². The lowest BCUT2D eigenvalue weighted by atomic mass is 10.3. The predicted octanol–water partition coefficient (Wildman–Crippen LogP) is 2.63. The SMILES string of the molecule is CCOP(=O)(OCC)/C(=C\NC(=S)c1ccncc1)C(=O)OC. The molecule has 0 aliphatic carbocycles. The molecular weight excluding hydrogens is 339 g/mol. The van der Waals surface area contributed by atoms with E-state index in [0.29, 0.717) is 10.6 Å². The molecule has 23 heavy (non-hydrogen) atoms. The van der Waals surface area contributed by atoms with Crippen molar-refractivity contribution in [1.82, 2.24) is 10.3 Å². The van der Waals surface area contributed by atoms with Gasteiger partial charge in [-0.3, -0.25) is 9.55 Å². The van der Waals surface area contributed by atoms with Crippen LogP contribution >= 0.6 is 19.8 Å². The van der Waals surface area contributed by atoms with Gasteiger partial charge in [-0.1, -0.05) is 12.2 Å². The summed E-state index contributed by atoms with van der Waals surface area (Å²) in [5.41, 5.74) is 0.693. The quantitative estimate of drug-likeness (QED) is 0.328. The van der Waals surface area contributed by atoms with Crippen LogP contribution in [0.15, 0.2) is 36.0 Å². The van der Waals surface area contributed by atoms with Crippen molar-refractivity contribution in [3.8, 4) is 0 Å². The van der Waals surface area contributed by atoms with E-state index < -0.39 is 13.6 Å². The van der Waals surface area contributed by atoms with Crippen molar-refractivity contribution in [3.63, 3.8) is 0 Å². The molecule has 1 rings (SSSR count). The number of nitrogens with zero attached hydrogens (tertiary/aromatic N) is 1. The minimum Gasteiger partial charge on any atom is -0.465 e. The number of aromatic nitrogens is 1. The molecule has 1 aromatic rings. The summed E-state index contributed by atoms with van der Waals surface area (Å²) < 4.78 is 27.7. The molecule has 0 atom stereocenters. The molecule has 0 aliphatic heterocycles. The van der Waals surface area contributed by atoms with Crippen molar-refractivity contribution in [3.05, 3.63) is 41.6 Å². The van der Waals surface area contributed by atoms with E-state index in [0.717, 1.165) is 0 Å². The molecule has 0 unspecified atom stereocenters. The molecule has 126 valence electrons. The van der Waals surface area contributed by atoms with Gasteiger partial charge in [-0.25, -0.2) is 4.79 Å². The predicted molar refractivity (Wildman–Crippen MR) is 90.0 cm³/mol. The summed E-state index contributed by atoms with van der Waals surface area (Å²) in [6.45, 7) is 3.52. The molecule has 0 bridgehead atoms. The highest BCUT2D eigenvalue weighted by atomic mass is 32.1. The molecule has 9 heteroatoms. The average molecular weight is 358 g/mol. The van der Waals surface area contributed by atoms with Crippen LogP contribution in [-0.4, -0.2) is 36.3 Å². The number of nitrogens with one attached hydrogen (secondary N) is 1. The molecule has 0 aliphatic rings. The van der Waals surface area contributed by atoms with Crippen LogP contribution in [0.25, 0.3) is 0 Å². The Hall–Kier alpha value is -1.60. The number of ether oxygens (including phenoxy) is 1. The first-order chi connectivity index (χ1) is 11.0. The third kappa shape index (κ3) is 5.51. The summed E-state index contributed by atoms with van der Waals surface area (Å²) in [5, 5.41) is 2.50. The Labute approximate surface area is 140 Å². The smallest absolute Gasteiger partial charge is 0.370 e. The monoisotopic (exact) mass is 358 g/mol. The lowest BCUT2D eigenvalue weighted by molar-refractivity contribution is -0.135. The molecule has 0 fully saturated rings. The zero-order valence-corrected chi connectivity index (χ0v) is 14.9. The van der Waals surface area contributed by atoms with E-state index in [2.05, 4.69) is 15.0 Å². The molecule has 7 nitrogen and oxygen atoms in total. The molecule has 0 spiro atoms. The number of pyridine rings is 1. The Morgan fingerprint density at radius 1 is 1.30 bits per heavy atom. The normalized spacial score (nSPS) is 11.9. The minimum absolute atomic E-state index is 0.112. The zero-order valence-electron chi connectivity index (χ0n) is 13.1. The number of carbonyl (C=O) groups is 1. The van der Waals surface area contributed by atoms with Gasteiger partial charge in [-0.05, 0) is 26.0 Å². The van der Waals surface area contributed by atoms with E-state index in [1.54, 1.807) is 38.4 Å². The van der Waals surface area contributed by atoms with Crippen LogP contribution in [0, 0.1) is 0 Å². The van der Waals surface area contributed by atoms with E-state index in [9.17, 15) is 9.36 Å². The summed E-state index contributed by atoms with van der Waals surface area (Å²) in [6, 6.07) is 3.40. The lowest BCUT2D eigenvalue weighted by Crippen LogP contribution is -2.19. The van der Waals surface area contributed by atoms with Crippen molar-refractivity contribution in [2.45, 2.75) is 13.8 Å². The number of rotatable bonds is 8. The fourth-order valence-corrected chi connectivity index (χ4v) is 3.36. The van der Waals surface area contributed by atoms with E-state index >= 15 is 0 Å². The highest BCUT2D eigenvalue weighted by Crippen LogP contribution is 2.56. The first-order valence-electron chi connectivity index (χ1n) is 6.87. The average Bonchev–Trinajstić information content (AvgIpc) is 2.55. The second-order valence-corrected chi connectivity index (χ2v) is 6.46. The zero-order chi connectivity index (χ0) is 17.3. The highest BCUT2D eigenvalue weighted by molar-refractivity contribution is 7.80. The van der Waals surface area contributed by atoms with Crippen molar-refractivity contribution < 1.29 is 23.1 Å². The van der Waals surface area contributed by atoms with Gasteiger partial charge in [0, 0.05) is 24.2 Å². The number of hydrogen-bond acceptors (Lipinski definition) is 7. The molecule has 0 aromatic carbocycles. The van der Waals surface area contributed by atoms with Gasteiger partial charge in [-0.15, -0.1) is 0 Å². The molecular formula is C14H19N2O5PS. The van der Waals surface area contributed by atoms with Gasteiger partial charge in [0.15, 0.2) is 5.31 Å². The Kier molecular flexibility index (Phi) is 8.05. The molecule has 1 N–H and O–H groups in total. The van der Waals surface area contributed by atoms with Crippen LogP contribution in [0.4, 0.5) is 0 Å². The van der Waals surface area contributed by atoms with Crippen LogP contribution in [0.2, 0.25) is 0 Å². The van der Waals surface area contributed by atoms with Crippen LogP contribution in [0.3, 0.4) is 0 Å². The second kappa shape index (κ2) is 9.52. The molecule has 1 heterocycles. The minimum atomic E-state index is -3.80. The Bertz CT molecular complexity index is 611. The van der Waals surface area contributed by atoms with Gasteiger partial charge in [0.25, 0.3) is 0 Å². The summed E-state index contributed by atoms with van der Waals surface area (Å²) in [4.78, 5) is 16.2. The van der Waals surface area contributed by atoms with Gasteiger partial charge >= 0.3 is 13.6 Å². The summed E-state index contributed by atoms with van der Waals surface area (Å²) in [7, 11) is -2.62. The molecule has 0 saturated carbocycles. The summed E-state index contributed by atoms with van der Waals surface area (Å²) in [5.74, 6) is -0.819.